The minimum atomic E-state index is 0.301. The van der Waals surface area contributed by atoms with E-state index in [0.29, 0.717) is 11.3 Å². The van der Waals surface area contributed by atoms with Crippen molar-refractivity contribution in [2.45, 2.75) is 65.2 Å². The molecule has 1 aromatic carbocycles. The number of hydrogen-bond acceptors (Lipinski definition) is 1. The van der Waals surface area contributed by atoms with E-state index in [-0.39, 0.29) is 0 Å². The monoisotopic (exact) mass is 298 g/mol. The summed E-state index contributed by atoms with van der Waals surface area (Å²) in [6.07, 6.45) is 8.80. The second kappa shape index (κ2) is 6.18. The summed E-state index contributed by atoms with van der Waals surface area (Å²) in [6.45, 7) is 6.40. The first-order valence-corrected chi connectivity index (χ1v) is 9.27. The van der Waals surface area contributed by atoms with Gasteiger partial charge in [0.05, 0.1) is 0 Å². The third kappa shape index (κ3) is 2.25. The van der Waals surface area contributed by atoms with Crippen LogP contribution in [-0.2, 0) is 11.2 Å². The molecule has 0 aromatic heterocycles. The van der Waals surface area contributed by atoms with Crippen molar-refractivity contribution in [2.24, 2.45) is 23.2 Å². The first-order valence-electron chi connectivity index (χ1n) is 9.27. The van der Waals surface area contributed by atoms with Crippen LogP contribution in [-0.4, -0.2) is 6.29 Å². The molecule has 22 heavy (non-hydrogen) atoms. The molecule has 0 radical (unpaired) electrons. The molecule has 4 rings (SSSR count). The van der Waals surface area contributed by atoms with Gasteiger partial charge >= 0.3 is 0 Å². The smallest absolute Gasteiger partial charge is 0.123 e. The molecule has 0 bridgehead atoms. The quantitative estimate of drug-likeness (QED) is 0.636. The van der Waals surface area contributed by atoms with E-state index < -0.39 is 0 Å². The number of carbonyl (C=O) groups excluding carboxylic acids is 1. The SMILES string of the molecule is CC.CC12CCC3c4ccccc4CCC3C1CCC2C=O. The van der Waals surface area contributed by atoms with E-state index in [1.165, 1.54) is 38.4 Å². The molecule has 0 saturated heterocycles. The fraction of sp³-hybridized carbons (Fsp3) is 0.667. The Morgan fingerprint density at radius 3 is 2.64 bits per heavy atom. The van der Waals surface area contributed by atoms with Crippen molar-refractivity contribution >= 4 is 6.29 Å². The third-order valence-electron chi connectivity index (χ3n) is 6.88. The minimum Gasteiger partial charge on any atom is -0.303 e. The molecular formula is C21H30O. The first kappa shape index (κ1) is 15.8. The minimum absolute atomic E-state index is 0.301. The van der Waals surface area contributed by atoms with Crippen LogP contribution in [0.25, 0.3) is 0 Å². The van der Waals surface area contributed by atoms with Gasteiger partial charge in [0.15, 0.2) is 0 Å². The Balaban J connectivity index is 0.000000693. The lowest BCUT2D eigenvalue weighted by atomic mass is 9.54. The molecule has 2 fully saturated rings. The van der Waals surface area contributed by atoms with Gasteiger partial charge in [-0.2, -0.15) is 0 Å². The summed E-state index contributed by atoms with van der Waals surface area (Å²) in [6, 6.07) is 9.07. The van der Waals surface area contributed by atoms with Crippen LogP contribution >= 0.6 is 0 Å². The highest BCUT2D eigenvalue weighted by molar-refractivity contribution is 5.56. The van der Waals surface area contributed by atoms with Crippen molar-refractivity contribution in [3.63, 3.8) is 0 Å². The zero-order chi connectivity index (χ0) is 15.7. The summed E-state index contributed by atoms with van der Waals surface area (Å²) in [5.74, 6) is 2.70. The molecule has 0 aliphatic heterocycles. The van der Waals surface area contributed by atoms with E-state index in [2.05, 4.69) is 31.2 Å². The lowest BCUT2D eigenvalue weighted by molar-refractivity contribution is -0.115. The van der Waals surface area contributed by atoms with E-state index in [1.54, 1.807) is 11.1 Å². The average Bonchev–Trinajstić information content (AvgIpc) is 2.93. The van der Waals surface area contributed by atoms with Gasteiger partial charge in [0.25, 0.3) is 0 Å². The van der Waals surface area contributed by atoms with Crippen LogP contribution in [0.1, 0.15) is 69.9 Å². The van der Waals surface area contributed by atoms with Crippen LogP contribution in [0.5, 0.6) is 0 Å². The van der Waals surface area contributed by atoms with Crippen molar-refractivity contribution in [3.8, 4) is 0 Å². The topological polar surface area (TPSA) is 17.1 Å². The van der Waals surface area contributed by atoms with Gasteiger partial charge in [-0.3, -0.25) is 0 Å². The molecule has 5 atom stereocenters. The number of carbonyl (C=O) groups is 1. The van der Waals surface area contributed by atoms with Gasteiger partial charge < -0.3 is 4.79 Å². The maximum Gasteiger partial charge on any atom is 0.123 e. The number of rotatable bonds is 1. The molecular weight excluding hydrogens is 268 g/mol. The molecule has 2 saturated carbocycles. The number of hydrogen-bond donors (Lipinski definition) is 0. The number of aryl methyl sites for hydroxylation is 1. The molecule has 1 aromatic rings. The van der Waals surface area contributed by atoms with Crippen LogP contribution in [0, 0.1) is 23.2 Å². The van der Waals surface area contributed by atoms with E-state index >= 15 is 0 Å². The molecule has 0 N–H and O–H groups in total. The van der Waals surface area contributed by atoms with Crippen LogP contribution in [0.15, 0.2) is 24.3 Å². The predicted molar refractivity (Wildman–Crippen MR) is 92.0 cm³/mol. The second-order valence-electron chi connectivity index (χ2n) is 7.48. The summed E-state index contributed by atoms with van der Waals surface area (Å²) in [5, 5.41) is 0. The molecule has 0 amide bonds. The number of benzene rings is 1. The summed E-state index contributed by atoms with van der Waals surface area (Å²) >= 11 is 0. The fourth-order valence-electron chi connectivity index (χ4n) is 5.79. The van der Waals surface area contributed by atoms with E-state index in [9.17, 15) is 4.79 Å². The first-order chi connectivity index (χ1) is 10.7. The highest BCUT2D eigenvalue weighted by Crippen LogP contribution is 2.62. The third-order valence-corrected chi connectivity index (χ3v) is 6.88. The zero-order valence-electron chi connectivity index (χ0n) is 14.3. The maximum atomic E-state index is 11.4. The van der Waals surface area contributed by atoms with Gasteiger partial charge in [0, 0.05) is 5.92 Å². The van der Waals surface area contributed by atoms with E-state index in [0.717, 1.165) is 24.2 Å². The molecule has 3 aliphatic rings. The molecule has 5 unspecified atom stereocenters. The predicted octanol–water partition coefficient (Wildman–Crippen LogP) is 5.38. The Labute approximate surface area is 135 Å². The zero-order valence-corrected chi connectivity index (χ0v) is 14.3. The van der Waals surface area contributed by atoms with Crippen molar-refractivity contribution in [3.05, 3.63) is 35.4 Å². The second-order valence-corrected chi connectivity index (χ2v) is 7.48. The lowest BCUT2D eigenvalue weighted by Gasteiger charge is -2.50. The highest BCUT2D eigenvalue weighted by atomic mass is 16.1. The van der Waals surface area contributed by atoms with Gasteiger partial charge in [0.1, 0.15) is 6.29 Å². The maximum absolute atomic E-state index is 11.4. The van der Waals surface area contributed by atoms with E-state index in [4.69, 9.17) is 0 Å². The molecule has 120 valence electrons. The van der Waals surface area contributed by atoms with Crippen molar-refractivity contribution in [1.29, 1.82) is 0 Å². The summed E-state index contributed by atoms with van der Waals surface area (Å²) in [5.41, 5.74) is 3.51. The summed E-state index contributed by atoms with van der Waals surface area (Å²) in [4.78, 5) is 11.4. The summed E-state index contributed by atoms with van der Waals surface area (Å²) in [7, 11) is 0. The van der Waals surface area contributed by atoms with Crippen molar-refractivity contribution in [1.82, 2.24) is 0 Å². The lowest BCUT2D eigenvalue weighted by Crippen LogP contribution is -2.42. The highest BCUT2D eigenvalue weighted by Gasteiger charge is 2.54. The fourth-order valence-corrected chi connectivity index (χ4v) is 5.79. The van der Waals surface area contributed by atoms with Gasteiger partial charge in [-0.15, -0.1) is 0 Å². The summed E-state index contributed by atoms with van der Waals surface area (Å²) < 4.78 is 0. The van der Waals surface area contributed by atoms with Crippen LogP contribution in [0.3, 0.4) is 0 Å². The van der Waals surface area contributed by atoms with Crippen molar-refractivity contribution < 1.29 is 4.79 Å². The van der Waals surface area contributed by atoms with E-state index in [1.807, 2.05) is 13.8 Å². The Bertz CT molecular complexity index is 534. The van der Waals surface area contributed by atoms with Crippen LogP contribution < -0.4 is 0 Å². The average molecular weight is 298 g/mol. The normalized spacial score (nSPS) is 38.9. The Morgan fingerprint density at radius 1 is 1.09 bits per heavy atom. The molecule has 0 heterocycles. The molecule has 1 heteroatoms. The van der Waals surface area contributed by atoms with Crippen LogP contribution in [0.2, 0.25) is 0 Å². The van der Waals surface area contributed by atoms with Gasteiger partial charge in [-0.05, 0) is 72.8 Å². The van der Waals surface area contributed by atoms with Gasteiger partial charge in [-0.25, -0.2) is 0 Å². The molecule has 3 aliphatic carbocycles. The van der Waals surface area contributed by atoms with Crippen molar-refractivity contribution in [2.75, 3.05) is 0 Å². The van der Waals surface area contributed by atoms with Gasteiger partial charge in [0.2, 0.25) is 0 Å². The Hall–Kier alpha value is -1.11. The molecule has 1 nitrogen and oxygen atoms in total. The largest absolute Gasteiger partial charge is 0.303 e. The Morgan fingerprint density at radius 2 is 1.86 bits per heavy atom. The standard InChI is InChI=1S/C19H24O.C2H6/c1-19-11-10-16-15-5-3-2-4-13(15)6-8-17(16)18(19)9-7-14(19)12-20;1-2/h2-5,12,14,16-18H,6-11H2,1H3;1-2H3. The van der Waals surface area contributed by atoms with Gasteiger partial charge in [-0.1, -0.05) is 45.0 Å². The Kier molecular flexibility index (Phi) is 4.43. The molecule has 0 spiro atoms. The number of fused-ring (bicyclic) bond motifs is 5. The van der Waals surface area contributed by atoms with Crippen LogP contribution in [0.4, 0.5) is 0 Å². The number of aldehydes is 1.